The summed E-state index contributed by atoms with van der Waals surface area (Å²) in [6.07, 6.45) is 6.63. The second-order valence-electron chi connectivity index (χ2n) is 9.46. The van der Waals surface area contributed by atoms with Gasteiger partial charge in [-0.1, -0.05) is 59.9 Å². The van der Waals surface area contributed by atoms with Crippen LogP contribution in [0.4, 0.5) is 0 Å². The molecule has 1 aliphatic heterocycles. The molecule has 0 fully saturated rings. The van der Waals surface area contributed by atoms with Crippen molar-refractivity contribution < 1.29 is 4.74 Å². The monoisotopic (exact) mass is 423 g/mol. The minimum absolute atomic E-state index is 0.184. The van der Waals surface area contributed by atoms with Gasteiger partial charge in [-0.05, 0) is 48.9 Å². The molecule has 31 heavy (non-hydrogen) atoms. The summed E-state index contributed by atoms with van der Waals surface area (Å²) in [6, 6.07) is 8.61. The molecule has 0 bridgehead atoms. The summed E-state index contributed by atoms with van der Waals surface area (Å²) in [5.74, 6) is 1.99. The second-order valence-corrected chi connectivity index (χ2v) is 9.46. The van der Waals surface area contributed by atoms with Gasteiger partial charge in [-0.2, -0.15) is 0 Å². The van der Waals surface area contributed by atoms with Crippen molar-refractivity contribution in [3.63, 3.8) is 0 Å². The van der Waals surface area contributed by atoms with Gasteiger partial charge in [-0.25, -0.2) is 4.98 Å². The molecule has 0 saturated heterocycles. The summed E-state index contributed by atoms with van der Waals surface area (Å²) in [4.78, 5) is 12.4. The number of nitrogens with zero attached hydrogens (tertiary/aromatic N) is 3. The van der Waals surface area contributed by atoms with E-state index >= 15 is 0 Å². The van der Waals surface area contributed by atoms with Crippen molar-refractivity contribution in [1.29, 1.82) is 0 Å². The summed E-state index contributed by atoms with van der Waals surface area (Å²) in [6.45, 7) is 17.5. The molecule has 0 radical (unpaired) electrons. The Morgan fingerprint density at radius 1 is 1.10 bits per heavy atom. The first-order valence-electron chi connectivity index (χ1n) is 12.3. The molecule has 1 aliphatic rings. The van der Waals surface area contributed by atoms with Crippen molar-refractivity contribution in [2.45, 2.75) is 79.2 Å². The van der Waals surface area contributed by atoms with E-state index in [0.717, 1.165) is 30.9 Å². The van der Waals surface area contributed by atoms with Crippen LogP contribution in [0.1, 0.15) is 78.5 Å². The van der Waals surface area contributed by atoms with Crippen molar-refractivity contribution in [3.05, 3.63) is 41.7 Å². The van der Waals surface area contributed by atoms with Crippen LogP contribution in [-0.2, 0) is 12.0 Å². The zero-order valence-electron chi connectivity index (χ0n) is 20.4. The zero-order chi connectivity index (χ0) is 22.4. The Labute approximate surface area is 189 Å². The van der Waals surface area contributed by atoms with Gasteiger partial charge in [0.15, 0.2) is 0 Å². The van der Waals surface area contributed by atoms with Crippen LogP contribution in [-0.4, -0.2) is 34.6 Å². The van der Waals surface area contributed by atoms with Crippen molar-refractivity contribution in [3.8, 4) is 17.1 Å². The van der Waals surface area contributed by atoms with Gasteiger partial charge in [0.05, 0.1) is 23.6 Å². The molecule has 0 amide bonds. The molecule has 0 saturated carbocycles. The van der Waals surface area contributed by atoms with E-state index in [1.807, 2.05) is 13.0 Å². The second kappa shape index (κ2) is 10.6. The van der Waals surface area contributed by atoms with Gasteiger partial charge in [0.2, 0.25) is 5.88 Å². The summed E-state index contributed by atoms with van der Waals surface area (Å²) in [7, 11) is 0. The minimum Gasteiger partial charge on any atom is -0.477 e. The van der Waals surface area contributed by atoms with Crippen LogP contribution in [0.3, 0.4) is 0 Å². The summed E-state index contributed by atoms with van der Waals surface area (Å²) >= 11 is 0. The van der Waals surface area contributed by atoms with E-state index in [4.69, 9.17) is 9.72 Å². The molecule has 3 heterocycles. The zero-order valence-corrected chi connectivity index (χ0v) is 20.4. The van der Waals surface area contributed by atoms with E-state index < -0.39 is 0 Å². The van der Waals surface area contributed by atoms with Crippen LogP contribution in [0.15, 0.2) is 30.5 Å². The van der Waals surface area contributed by atoms with Gasteiger partial charge < -0.3 is 4.74 Å². The third-order valence-electron chi connectivity index (χ3n) is 6.80. The van der Waals surface area contributed by atoms with E-state index in [9.17, 15) is 0 Å². The first-order chi connectivity index (χ1) is 15.0. The largest absolute Gasteiger partial charge is 0.477 e. The smallest absolute Gasteiger partial charge is 0.222 e. The van der Waals surface area contributed by atoms with Crippen LogP contribution in [0.2, 0.25) is 0 Å². The van der Waals surface area contributed by atoms with Gasteiger partial charge in [0, 0.05) is 31.2 Å². The van der Waals surface area contributed by atoms with Crippen LogP contribution in [0.5, 0.6) is 5.88 Å². The maximum Gasteiger partial charge on any atom is 0.222 e. The van der Waals surface area contributed by atoms with Crippen molar-refractivity contribution in [1.82, 2.24) is 14.9 Å². The van der Waals surface area contributed by atoms with Gasteiger partial charge in [-0.15, -0.1) is 0 Å². The third kappa shape index (κ3) is 4.95. The Balaban J connectivity index is 2.13. The van der Waals surface area contributed by atoms with Gasteiger partial charge in [0.1, 0.15) is 0 Å². The first-order valence-corrected chi connectivity index (χ1v) is 12.3. The van der Waals surface area contributed by atoms with Crippen LogP contribution in [0.25, 0.3) is 11.3 Å². The Hall–Kier alpha value is -1.94. The van der Waals surface area contributed by atoms with Crippen LogP contribution in [0, 0.1) is 11.8 Å². The topological polar surface area (TPSA) is 38.2 Å². The van der Waals surface area contributed by atoms with Crippen LogP contribution < -0.4 is 4.74 Å². The fourth-order valence-electron chi connectivity index (χ4n) is 5.74. The Kier molecular flexibility index (Phi) is 8.10. The molecular formula is C27H41N3O. The van der Waals surface area contributed by atoms with E-state index in [-0.39, 0.29) is 5.41 Å². The molecule has 0 spiro atoms. The average molecular weight is 424 g/mol. The fourth-order valence-corrected chi connectivity index (χ4v) is 5.74. The van der Waals surface area contributed by atoms with Gasteiger partial charge in [-0.3, -0.25) is 9.88 Å². The average Bonchev–Trinajstić information content (AvgIpc) is 2.74. The summed E-state index contributed by atoms with van der Waals surface area (Å²) in [5.41, 5.74) is 4.86. The van der Waals surface area contributed by atoms with E-state index in [1.165, 1.54) is 36.9 Å². The molecule has 170 valence electrons. The number of ether oxygens (including phenoxy) is 1. The molecule has 2 aromatic heterocycles. The number of hydrogen-bond donors (Lipinski definition) is 0. The van der Waals surface area contributed by atoms with Crippen molar-refractivity contribution in [2.24, 2.45) is 11.8 Å². The molecule has 0 N–H and O–H groups in total. The first kappa shape index (κ1) is 23.7. The molecule has 0 aromatic carbocycles. The normalized spacial score (nSPS) is 19.1. The molecule has 4 heteroatoms. The quantitative estimate of drug-likeness (QED) is 0.438. The number of fused-ring (bicyclic) bond motifs is 1. The van der Waals surface area contributed by atoms with Gasteiger partial charge >= 0.3 is 0 Å². The maximum absolute atomic E-state index is 5.80. The number of aromatic nitrogens is 2. The highest BCUT2D eigenvalue weighted by Gasteiger charge is 2.44. The summed E-state index contributed by atoms with van der Waals surface area (Å²) in [5, 5.41) is 0. The third-order valence-corrected chi connectivity index (χ3v) is 6.80. The molecule has 2 aromatic rings. The SMILES string of the molecule is CCCC1(C(CC)CC)CN(CC(C)C)Cc2nc(-c3cccnc3OCC)ccc21. The standard InChI is InChI=1S/C27H41N3O/c1-7-15-27(21(8-2)9-3)19-30(17-20(5)6)18-25-23(27)13-14-24(29-25)22-12-11-16-28-26(22)31-10-4/h11-14,16,20-21H,7-10,15,17-19H2,1-6H3. The van der Waals surface area contributed by atoms with E-state index in [0.29, 0.717) is 24.3 Å². The Morgan fingerprint density at radius 3 is 2.52 bits per heavy atom. The number of pyridine rings is 2. The fraction of sp³-hybridized carbons (Fsp3) is 0.630. The lowest BCUT2D eigenvalue weighted by molar-refractivity contribution is 0.100. The highest BCUT2D eigenvalue weighted by molar-refractivity contribution is 5.65. The molecule has 0 aliphatic carbocycles. The van der Waals surface area contributed by atoms with Crippen molar-refractivity contribution in [2.75, 3.05) is 19.7 Å². The molecular weight excluding hydrogens is 382 g/mol. The molecule has 3 rings (SSSR count). The maximum atomic E-state index is 5.80. The summed E-state index contributed by atoms with van der Waals surface area (Å²) < 4.78 is 5.80. The highest BCUT2D eigenvalue weighted by Crippen LogP contribution is 2.46. The minimum atomic E-state index is 0.184. The molecule has 1 atom stereocenters. The Bertz CT molecular complexity index is 846. The van der Waals surface area contributed by atoms with E-state index in [1.54, 1.807) is 6.20 Å². The van der Waals surface area contributed by atoms with Crippen molar-refractivity contribution >= 4 is 0 Å². The highest BCUT2D eigenvalue weighted by atomic mass is 16.5. The predicted molar refractivity (Wildman–Crippen MR) is 129 cm³/mol. The lowest BCUT2D eigenvalue weighted by atomic mass is 9.63. The molecule has 4 nitrogen and oxygen atoms in total. The number of rotatable bonds is 10. The van der Waals surface area contributed by atoms with E-state index in [2.05, 4.69) is 62.7 Å². The number of hydrogen-bond acceptors (Lipinski definition) is 4. The van der Waals surface area contributed by atoms with Gasteiger partial charge in [0.25, 0.3) is 0 Å². The lowest BCUT2D eigenvalue weighted by Crippen LogP contribution is -2.51. The molecule has 1 unspecified atom stereocenters. The Morgan fingerprint density at radius 2 is 1.87 bits per heavy atom. The van der Waals surface area contributed by atoms with Crippen LogP contribution >= 0.6 is 0 Å². The lowest BCUT2D eigenvalue weighted by Gasteiger charge is -2.49. The predicted octanol–water partition coefficient (Wildman–Crippen LogP) is 6.49.